The smallest absolute Gasteiger partial charge is 0.273 e. The van der Waals surface area contributed by atoms with Crippen LogP contribution in [-0.2, 0) is 22.9 Å². The van der Waals surface area contributed by atoms with Crippen molar-refractivity contribution in [1.82, 2.24) is 10.3 Å². The molecule has 3 rings (SSSR count). The topological polar surface area (TPSA) is 75.3 Å². The van der Waals surface area contributed by atoms with Crippen molar-refractivity contribution in [2.24, 2.45) is 0 Å². The van der Waals surface area contributed by atoms with E-state index in [1.807, 2.05) is 6.07 Å². The lowest BCUT2D eigenvalue weighted by Crippen LogP contribution is -2.41. The van der Waals surface area contributed by atoms with E-state index in [0.717, 1.165) is 19.3 Å². The molecular formula is C14H13BrN2O3S2. The third kappa shape index (κ3) is 3.24. The maximum Gasteiger partial charge on any atom is 0.276 e. The van der Waals surface area contributed by atoms with Gasteiger partial charge in [-0.15, -0.1) is 16.2 Å². The fourth-order valence-electron chi connectivity index (χ4n) is 2.31. The van der Waals surface area contributed by atoms with Gasteiger partial charge >= 0.3 is 0 Å². The lowest BCUT2D eigenvalue weighted by atomic mass is 10.2. The summed E-state index contributed by atoms with van der Waals surface area (Å²) < 4.78 is 24.9. The maximum absolute atomic E-state index is 12.1. The van der Waals surface area contributed by atoms with Crippen LogP contribution < -0.4 is 10.3 Å². The molecule has 116 valence electrons. The number of amides is 1. The highest BCUT2D eigenvalue weighted by Crippen LogP contribution is 2.30. The summed E-state index contributed by atoms with van der Waals surface area (Å²) in [5, 5.41) is 0. The molecule has 0 spiro atoms. The van der Waals surface area contributed by atoms with Gasteiger partial charge in [0.25, 0.3) is 15.9 Å². The summed E-state index contributed by atoms with van der Waals surface area (Å²) in [6, 6.07) is 8.11. The Morgan fingerprint density at radius 1 is 1.23 bits per heavy atom. The van der Waals surface area contributed by atoms with Crippen molar-refractivity contribution >= 4 is 43.2 Å². The Morgan fingerprint density at radius 3 is 2.77 bits per heavy atom. The van der Waals surface area contributed by atoms with Crippen LogP contribution in [0.1, 0.15) is 26.5 Å². The number of aryl methyl sites for hydroxylation is 2. The van der Waals surface area contributed by atoms with E-state index in [2.05, 4.69) is 26.2 Å². The van der Waals surface area contributed by atoms with Crippen LogP contribution in [0.3, 0.4) is 0 Å². The number of nitrogens with one attached hydrogen (secondary N) is 2. The summed E-state index contributed by atoms with van der Waals surface area (Å²) in [5.41, 5.74) is 3.46. The minimum atomic E-state index is -3.79. The molecule has 0 fully saturated rings. The Balaban J connectivity index is 1.69. The van der Waals surface area contributed by atoms with Crippen LogP contribution in [0.2, 0.25) is 0 Å². The minimum Gasteiger partial charge on any atom is -0.273 e. The van der Waals surface area contributed by atoms with E-state index >= 15 is 0 Å². The largest absolute Gasteiger partial charge is 0.276 e. The number of rotatable bonds is 4. The molecule has 5 nitrogen and oxygen atoms in total. The van der Waals surface area contributed by atoms with E-state index in [0.29, 0.717) is 9.35 Å². The molecular weight excluding hydrogens is 388 g/mol. The van der Waals surface area contributed by atoms with Gasteiger partial charge < -0.3 is 0 Å². The van der Waals surface area contributed by atoms with Crippen molar-refractivity contribution in [1.29, 1.82) is 0 Å². The number of thiophene rings is 1. The fraction of sp³-hybridized carbons (Fsp3) is 0.214. The molecule has 1 aliphatic rings. The van der Waals surface area contributed by atoms with Crippen LogP contribution in [0.5, 0.6) is 0 Å². The minimum absolute atomic E-state index is 0.0795. The van der Waals surface area contributed by atoms with Crippen LogP contribution in [-0.4, -0.2) is 14.3 Å². The van der Waals surface area contributed by atoms with E-state index in [-0.39, 0.29) is 4.90 Å². The first-order chi connectivity index (χ1) is 10.5. The Kier molecular flexibility index (Phi) is 4.35. The molecule has 0 aliphatic heterocycles. The van der Waals surface area contributed by atoms with Gasteiger partial charge in [0.05, 0.1) is 9.77 Å². The van der Waals surface area contributed by atoms with Crippen LogP contribution in [0, 0.1) is 0 Å². The van der Waals surface area contributed by atoms with E-state index < -0.39 is 15.9 Å². The summed E-state index contributed by atoms with van der Waals surface area (Å²) in [5.74, 6) is -0.432. The molecule has 0 unspecified atom stereocenters. The van der Waals surface area contributed by atoms with Crippen molar-refractivity contribution in [3.8, 4) is 0 Å². The predicted molar refractivity (Wildman–Crippen MR) is 88.3 cm³/mol. The lowest BCUT2D eigenvalue weighted by molar-refractivity contribution is 0.0949. The van der Waals surface area contributed by atoms with Gasteiger partial charge in [-0.1, -0.05) is 22.0 Å². The van der Waals surface area contributed by atoms with Gasteiger partial charge in [-0.05, 0) is 49.1 Å². The average molecular weight is 401 g/mol. The van der Waals surface area contributed by atoms with Gasteiger partial charge in [0, 0.05) is 9.35 Å². The number of benzene rings is 1. The molecule has 2 N–H and O–H groups in total. The van der Waals surface area contributed by atoms with Crippen LogP contribution in [0.25, 0.3) is 0 Å². The van der Waals surface area contributed by atoms with Gasteiger partial charge in [-0.25, -0.2) is 8.42 Å². The molecule has 0 radical (unpaired) electrons. The van der Waals surface area contributed by atoms with Gasteiger partial charge in [0.15, 0.2) is 0 Å². The molecule has 1 heterocycles. The maximum atomic E-state index is 12.1. The lowest BCUT2D eigenvalue weighted by Gasteiger charge is -2.07. The van der Waals surface area contributed by atoms with Crippen LogP contribution in [0.15, 0.2) is 39.7 Å². The van der Waals surface area contributed by atoms with Gasteiger partial charge in [0.2, 0.25) is 0 Å². The zero-order chi connectivity index (χ0) is 15.7. The number of hydrazine groups is 1. The van der Waals surface area contributed by atoms with Crippen molar-refractivity contribution in [2.45, 2.75) is 24.2 Å². The Hall–Kier alpha value is -1.22. The highest BCUT2D eigenvalue weighted by Gasteiger charge is 2.20. The molecule has 1 aromatic heterocycles. The highest BCUT2D eigenvalue weighted by molar-refractivity contribution is 9.10. The molecule has 2 aromatic rings. The van der Waals surface area contributed by atoms with E-state index in [1.165, 1.54) is 33.9 Å². The van der Waals surface area contributed by atoms with Crippen molar-refractivity contribution in [2.75, 3.05) is 0 Å². The van der Waals surface area contributed by atoms with Crippen molar-refractivity contribution in [3.63, 3.8) is 0 Å². The Labute approximate surface area is 140 Å². The highest BCUT2D eigenvalue weighted by atomic mass is 79.9. The molecule has 0 bridgehead atoms. The van der Waals surface area contributed by atoms with E-state index in [9.17, 15) is 13.2 Å². The van der Waals surface area contributed by atoms with Gasteiger partial charge in [0.1, 0.15) is 0 Å². The Morgan fingerprint density at radius 2 is 2.05 bits per heavy atom. The standard InChI is InChI=1S/C14H13BrN2O3S2/c15-10-4-2-5-11(8-10)22(19,20)17-16-14(18)13-7-9-3-1-6-12(9)21-13/h2,4-5,7-8,17H,1,3,6H2,(H,16,18). The first-order valence-corrected chi connectivity index (χ1v) is 9.74. The summed E-state index contributed by atoms with van der Waals surface area (Å²) in [4.78, 5) is 16.0. The third-order valence-corrected chi connectivity index (χ3v) is 6.35. The van der Waals surface area contributed by atoms with E-state index in [4.69, 9.17) is 0 Å². The van der Waals surface area contributed by atoms with Crippen molar-refractivity contribution < 1.29 is 13.2 Å². The predicted octanol–water partition coefficient (Wildman–Crippen LogP) is 2.62. The van der Waals surface area contributed by atoms with Gasteiger partial charge in [-0.3, -0.25) is 10.2 Å². The van der Waals surface area contributed by atoms with Gasteiger partial charge in [-0.2, -0.15) is 0 Å². The summed E-state index contributed by atoms with van der Waals surface area (Å²) >= 11 is 4.64. The third-order valence-electron chi connectivity index (χ3n) is 3.38. The molecule has 22 heavy (non-hydrogen) atoms. The molecule has 0 saturated carbocycles. The monoisotopic (exact) mass is 400 g/mol. The zero-order valence-electron chi connectivity index (χ0n) is 11.4. The van der Waals surface area contributed by atoms with Crippen LogP contribution in [0.4, 0.5) is 0 Å². The summed E-state index contributed by atoms with van der Waals surface area (Å²) in [7, 11) is -3.79. The fourth-order valence-corrected chi connectivity index (χ4v) is 4.89. The summed E-state index contributed by atoms with van der Waals surface area (Å²) in [6.07, 6.45) is 3.11. The number of hydrogen-bond donors (Lipinski definition) is 2. The SMILES string of the molecule is O=C(NNS(=O)(=O)c1cccc(Br)c1)c1cc2c(s1)CCC2. The number of sulfonamides is 1. The number of fused-ring (bicyclic) bond motifs is 1. The quantitative estimate of drug-likeness (QED) is 0.774. The number of hydrogen-bond acceptors (Lipinski definition) is 4. The van der Waals surface area contributed by atoms with E-state index in [1.54, 1.807) is 12.1 Å². The normalized spacial score (nSPS) is 13.9. The zero-order valence-corrected chi connectivity index (χ0v) is 14.6. The number of carbonyl (C=O) groups excluding carboxylic acids is 1. The molecule has 1 amide bonds. The number of carbonyl (C=O) groups is 1. The second kappa shape index (κ2) is 6.11. The second-order valence-electron chi connectivity index (χ2n) is 4.93. The number of halogens is 1. The molecule has 8 heteroatoms. The molecule has 0 saturated heterocycles. The molecule has 1 aliphatic carbocycles. The average Bonchev–Trinajstić information content (AvgIpc) is 3.06. The van der Waals surface area contributed by atoms with Crippen LogP contribution >= 0.6 is 27.3 Å². The first kappa shape index (κ1) is 15.7. The summed E-state index contributed by atoms with van der Waals surface area (Å²) in [6.45, 7) is 0. The van der Waals surface area contributed by atoms with Crippen molar-refractivity contribution in [3.05, 3.63) is 50.1 Å². The molecule has 0 atom stereocenters. The first-order valence-electron chi connectivity index (χ1n) is 6.65. The Bertz CT molecular complexity index is 809. The molecule has 1 aromatic carbocycles. The second-order valence-corrected chi connectivity index (χ2v) is 8.66.